The highest BCUT2D eigenvalue weighted by atomic mass is 35.5. The monoisotopic (exact) mass is 298 g/mol. The third-order valence-electron chi connectivity index (χ3n) is 3.41. The topological polar surface area (TPSA) is 111 Å². The Labute approximate surface area is 120 Å². The molecule has 1 amide bonds. The van der Waals surface area contributed by atoms with Gasteiger partial charge < -0.3 is 11.1 Å². The smallest absolute Gasteiger partial charge is 0.319 e. The summed E-state index contributed by atoms with van der Waals surface area (Å²) in [6.45, 7) is 0. The second-order valence-corrected chi connectivity index (χ2v) is 5.20. The molecule has 2 rings (SSSR count). The molecule has 0 aliphatic heterocycles. The van der Waals surface area contributed by atoms with Crippen molar-refractivity contribution in [2.75, 3.05) is 0 Å². The molecule has 0 atom stereocenters. The van der Waals surface area contributed by atoms with E-state index in [1.54, 1.807) is 0 Å². The SMILES string of the molecule is NC1CCC(NC(=O)c2ccnc(Cl)c2[N+](=O)[O-])CC1. The summed E-state index contributed by atoms with van der Waals surface area (Å²) in [5.74, 6) is -0.499. The minimum atomic E-state index is -0.693. The molecule has 8 heteroatoms. The van der Waals surface area contributed by atoms with Crippen LogP contribution in [0.3, 0.4) is 0 Å². The average Bonchev–Trinajstić information content (AvgIpc) is 2.40. The van der Waals surface area contributed by atoms with Gasteiger partial charge in [0.2, 0.25) is 5.15 Å². The van der Waals surface area contributed by atoms with Crippen molar-refractivity contribution in [3.8, 4) is 0 Å². The van der Waals surface area contributed by atoms with Crippen LogP contribution in [0.5, 0.6) is 0 Å². The van der Waals surface area contributed by atoms with Gasteiger partial charge in [0.1, 0.15) is 5.56 Å². The van der Waals surface area contributed by atoms with Gasteiger partial charge in [-0.1, -0.05) is 11.6 Å². The summed E-state index contributed by atoms with van der Waals surface area (Å²) in [5, 5.41) is 13.5. The molecule has 0 spiro atoms. The van der Waals surface area contributed by atoms with Crippen molar-refractivity contribution in [1.82, 2.24) is 10.3 Å². The van der Waals surface area contributed by atoms with Gasteiger partial charge in [0.15, 0.2) is 0 Å². The first-order valence-corrected chi connectivity index (χ1v) is 6.72. The highest BCUT2D eigenvalue weighted by molar-refractivity contribution is 6.32. The Hall–Kier alpha value is -1.73. The Kier molecular flexibility index (Phi) is 4.51. The fraction of sp³-hybridized carbons (Fsp3) is 0.500. The molecule has 1 aromatic heterocycles. The van der Waals surface area contributed by atoms with E-state index >= 15 is 0 Å². The zero-order valence-electron chi connectivity index (χ0n) is 10.7. The van der Waals surface area contributed by atoms with Crippen LogP contribution in [-0.4, -0.2) is 27.9 Å². The number of amides is 1. The molecule has 1 aliphatic rings. The number of nitro groups is 1. The van der Waals surface area contributed by atoms with Gasteiger partial charge >= 0.3 is 5.69 Å². The predicted molar refractivity (Wildman–Crippen MR) is 73.6 cm³/mol. The van der Waals surface area contributed by atoms with E-state index in [0.29, 0.717) is 0 Å². The molecule has 3 N–H and O–H groups in total. The number of nitrogens with zero attached hydrogens (tertiary/aromatic N) is 2. The normalized spacial score (nSPS) is 22.3. The minimum absolute atomic E-state index is 0.00570. The lowest BCUT2D eigenvalue weighted by molar-refractivity contribution is -0.385. The average molecular weight is 299 g/mol. The lowest BCUT2D eigenvalue weighted by Gasteiger charge is -2.26. The van der Waals surface area contributed by atoms with E-state index in [4.69, 9.17) is 17.3 Å². The number of carbonyl (C=O) groups excluding carboxylic acids is 1. The van der Waals surface area contributed by atoms with Crippen molar-refractivity contribution >= 4 is 23.2 Å². The summed E-state index contributed by atoms with van der Waals surface area (Å²) >= 11 is 5.68. The lowest BCUT2D eigenvalue weighted by Crippen LogP contribution is -2.40. The number of nitrogens with two attached hydrogens (primary N) is 1. The van der Waals surface area contributed by atoms with E-state index in [-0.39, 0.29) is 22.8 Å². The molecule has 0 bridgehead atoms. The van der Waals surface area contributed by atoms with Gasteiger partial charge in [0.25, 0.3) is 5.91 Å². The van der Waals surface area contributed by atoms with E-state index < -0.39 is 16.5 Å². The highest BCUT2D eigenvalue weighted by Gasteiger charge is 2.27. The molecule has 108 valence electrons. The second-order valence-electron chi connectivity index (χ2n) is 4.84. The third kappa shape index (κ3) is 3.23. The Morgan fingerprint density at radius 1 is 1.45 bits per heavy atom. The van der Waals surface area contributed by atoms with Crippen molar-refractivity contribution in [3.63, 3.8) is 0 Å². The first-order chi connectivity index (χ1) is 9.49. The fourth-order valence-corrected chi connectivity index (χ4v) is 2.54. The van der Waals surface area contributed by atoms with Gasteiger partial charge in [-0.2, -0.15) is 0 Å². The van der Waals surface area contributed by atoms with Crippen LogP contribution in [-0.2, 0) is 0 Å². The van der Waals surface area contributed by atoms with Gasteiger partial charge in [-0.05, 0) is 31.7 Å². The summed E-state index contributed by atoms with van der Waals surface area (Å²) in [7, 11) is 0. The van der Waals surface area contributed by atoms with Crippen LogP contribution in [0.4, 0.5) is 5.69 Å². The van der Waals surface area contributed by atoms with Crippen LogP contribution in [0, 0.1) is 10.1 Å². The first kappa shape index (κ1) is 14.7. The molecule has 0 saturated heterocycles. The van der Waals surface area contributed by atoms with E-state index in [1.165, 1.54) is 12.3 Å². The maximum absolute atomic E-state index is 12.1. The van der Waals surface area contributed by atoms with Gasteiger partial charge in [-0.25, -0.2) is 4.98 Å². The molecule has 1 heterocycles. The lowest BCUT2D eigenvalue weighted by atomic mass is 9.91. The maximum atomic E-state index is 12.1. The highest BCUT2D eigenvalue weighted by Crippen LogP contribution is 2.26. The molecular formula is C12H15ClN4O3. The number of hydrogen-bond acceptors (Lipinski definition) is 5. The fourth-order valence-electron chi connectivity index (χ4n) is 2.31. The van der Waals surface area contributed by atoms with Crippen molar-refractivity contribution in [1.29, 1.82) is 0 Å². The van der Waals surface area contributed by atoms with Crippen LogP contribution in [0.1, 0.15) is 36.0 Å². The number of carbonyl (C=O) groups is 1. The number of nitrogens with one attached hydrogen (secondary N) is 1. The Bertz CT molecular complexity index is 529. The number of pyridine rings is 1. The summed E-state index contributed by atoms with van der Waals surface area (Å²) in [6.07, 6.45) is 4.51. The zero-order chi connectivity index (χ0) is 14.7. The van der Waals surface area contributed by atoms with Crippen LogP contribution >= 0.6 is 11.6 Å². The van der Waals surface area contributed by atoms with Gasteiger partial charge in [0, 0.05) is 18.3 Å². The van der Waals surface area contributed by atoms with Gasteiger partial charge in [-0.3, -0.25) is 14.9 Å². The number of halogens is 1. The van der Waals surface area contributed by atoms with E-state index in [2.05, 4.69) is 10.3 Å². The van der Waals surface area contributed by atoms with Crippen molar-refractivity contribution in [2.24, 2.45) is 5.73 Å². The molecule has 0 aromatic carbocycles. The number of hydrogen-bond donors (Lipinski definition) is 2. The van der Waals surface area contributed by atoms with Crippen LogP contribution in [0.2, 0.25) is 5.15 Å². The summed E-state index contributed by atoms with van der Waals surface area (Å²) in [4.78, 5) is 26.0. The largest absolute Gasteiger partial charge is 0.349 e. The second kappa shape index (κ2) is 6.15. The molecular weight excluding hydrogens is 284 g/mol. The van der Waals surface area contributed by atoms with Crippen LogP contribution < -0.4 is 11.1 Å². The number of aromatic nitrogens is 1. The van der Waals surface area contributed by atoms with Crippen molar-refractivity contribution in [2.45, 2.75) is 37.8 Å². The standard InChI is InChI=1S/C12H15ClN4O3/c13-11-10(17(19)20)9(5-6-15-11)12(18)16-8-3-1-7(14)2-4-8/h5-8H,1-4,14H2,(H,16,18). The van der Waals surface area contributed by atoms with Gasteiger partial charge in [0.05, 0.1) is 4.92 Å². The Morgan fingerprint density at radius 2 is 2.10 bits per heavy atom. The van der Waals surface area contributed by atoms with Crippen molar-refractivity contribution in [3.05, 3.63) is 33.1 Å². The molecule has 7 nitrogen and oxygen atoms in total. The first-order valence-electron chi connectivity index (χ1n) is 6.34. The number of rotatable bonds is 3. The molecule has 0 radical (unpaired) electrons. The molecule has 1 aromatic rings. The maximum Gasteiger partial charge on any atom is 0.319 e. The van der Waals surface area contributed by atoms with Gasteiger partial charge in [-0.15, -0.1) is 0 Å². The minimum Gasteiger partial charge on any atom is -0.349 e. The zero-order valence-corrected chi connectivity index (χ0v) is 11.5. The van der Waals surface area contributed by atoms with E-state index in [9.17, 15) is 14.9 Å². The van der Waals surface area contributed by atoms with Crippen molar-refractivity contribution < 1.29 is 9.72 Å². The molecule has 1 saturated carbocycles. The van der Waals surface area contributed by atoms with Crippen LogP contribution in [0.25, 0.3) is 0 Å². The summed E-state index contributed by atoms with van der Waals surface area (Å²) in [5.41, 5.74) is 5.27. The van der Waals surface area contributed by atoms with E-state index in [0.717, 1.165) is 25.7 Å². The predicted octanol–water partition coefficient (Wildman–Crippen LogP) is 1.64. The molecule has 1 fully saturated rings. The third-order valence-corrected chi connectivity index (χ3v) is 3.69. The Balaban J connectivity index is 2.13. The summed E-state index contributed by atoms with van der Waals surface area (Å²) < 4.78 is 0. The summed E-state index contributed by atoms with van der Waals surface area (Å²) in [6, 6.07) is 1.47. The quantitative estimate of drug-likeness (QED) is 0.500. The van der Waals surface area contributed by atoms with E-state index in [1.807, 2.05) is 0 Å². The molecule has 0 unspecified atom stereocenters. The van der Waals surface area contributed by atoms with Crippen LogP contribution in [0.15, 0.2) is 12.3 Å². The molecule has 20 heavy (non-hydrogen) atoms. The Morgan fingerprint density at radius 3 is 2.70 bits per heavy atom. The molecule has 1 aliphatic carbocycles.